The van der Waals surface area contributed by atoms with Crippen molar-refractivity contribution in [1.82, 2.24) is 5.32 Å². The third-order valence-electron chi connectivity index (χ3n) is 3.76. The molecular weight excluding hydrogens is 234 g/mol. The van der Waals surface area contributed by atoms with Gasteiger partial charge in [-0.05, 0) is 35.9 Å². The third kappa shape index (κ3) is 4.32. The highest BCUT2D eigenvalue weighted by Gasteiger charge is 2.24. The molecule has 0 radical (unpaired) electrons. The van der Waals surface area contributed by atoms with E-state index in [1.54, 1.807) is 7.11 Å². The molecule has 2 unspecified atom stereocenters. The Balaban J connectivity index is 3.05. The molecule has 0 fully saturated rings. The van der Waals surface area contributed by atoms with E-state index in [1.807, 2.05) is 7.05 Å². The Labute approximate surface area is 118 Å². The van der Waals surface area contributed by atoms with E-state index in [9.17, 15) is 0 Å². The fraction of sp³-hybridized carbons (Fsp3) is 0.647. The average molecular weight is 263 g/mol. The largest absolute Gasteiger partial charge is 0.385 e. The summed E-state index contributed by atoms with van der Waals surface area (Å²) in [5.74, 6) is 0.549. The van der Waals surface area contributed by atoms with E-state index < -0.39 is 0 Å². The van der Waals surface area contributed by atoms with Gasteiger partial charge in [0.1, 0.15) is 0 Å². The van der Waals surface area contributed by atoms with Crippen molar-refractivity contribution in [2.45, 2.75) is 45.6 Å². The van der Waals surface area contributed by atoms with Gasteiger partial charge >= 0.3 is 0 Å². The van der Waals surface area contributed by atoms with Crippen molar-refractivity contribution >= 4 is 0 Å². The third-order valence-corrected chi connectivity index (χ3v) is 3.76. The molecular formula is C17H29NO. The van der Waals surface area contributed by atoms with Crippen LogP contribution in [0.1, 0.15) is 51.3 Å². The molecule has 1 aromatic carbocycles. The molecule has 1 rings (SSSR count). The van der Waals surface area contributed by atoms with Crippen LogP contribution in [-0.4, -0.2) is 20.8 Å². The number of hydrogen-bond donors (Lipinski definition) is 1. The molecule has 2 heteroatoms. The first-order valence-electron chi connectivity index (χ1n) is 7.17. The first kappa shape index (κ1) is 16.2. The van der Waals surface area contributed by atoms with Crippen molar-refractivity contribution in [2.75, 3.05) is 20.8 Å². The van der Waals surface area contributed by atoms with Gasteiger partial charge in [0.2, 0.25) is 0 Å². The standard InChI is InChI=1S/C17H29NO/c1-13(11-12-19-6)16(18-5)14-9-7-8-10-15(14)17(2,3)4/h7-10,13,16,18H,11-12H2,1-6H3. The highest BCUT2D eigenvalue weighted by atomic mass is 16.5. The number of methoxy groups -OCH3 is 1. The number of hydrogen-bond acceptors (Lipinski definition) is 2. The van der Waals surface area contributed by atoms with Crippen LogP contribution in [0.5, 0.6) is 0 Å². The molecule has 2 atom stereocenters. The molecule has 0 saturated carbocycles. The Bertz CT molecular complexity index is 381. The van der Waals surface area contributed by atoms with Crippen LogP contribution in [0.15, 0.2) is 24.3 Å². The van der Waals surface area contributed by atoms with Crippen LogP contribution in [-0.2, 0) is 10.2 Å². The number of ether oxygens (including phenoxy) is 1. The zero-order chi connectivity index (χ0) is 14.5. The van der Waals surface area contributed by atoms with Gasteiger partial charge in [-0.2, -0.15) is 0 Å². The lowest BCUT2D eigenvalue weighted by molar-refractivity contribution is 0.171. The summed E-state index contributed by atoms with van der Waals surface area (Å²) in [6, 6.07) is 9.16. The fourth-order valence-corrected chi connectivity index (χ4v) is 2.67. The second-order valence-electron chi connectivity index (χ2n) is 6.36. The van der Waals surface area contributed by atoms with Gasteiger partial charge in [0.05, 0.1) is 0 Å². The fourth-order valence-electron chi connectivity index (χ4n) is 2.67. The maximum absolute atomic E-state index is 5.21. The zero-order valence-electron chi connectivity index (χ0n) is 13.3. The van der Waals surface area contributed by atoms with Gasteiger partial charge in [0.25, 0.3) is 0 Å². The summed E-state index contributed by atoms with van der Waals surface area (Å²) in [6.45, 7) is 9.94. The van der Waals surface area contributed by atoms with E-state index in [1.165, 1.54) is 11.1 Å². The summed E-state index contributed by atoms with van der Waals surface area (Å²) in [4.78, 5) is 0. The van der Waals surface area contributed by atoms with Crippen LogP contribution in [0.4, 0.5) is 0 Å². The molecule has 108 valence electrons. The lowest BCUT2D eigenvalue weighted by Gasteiger charge is -2.30. The van der Waals surface area contributed by atoms with Crippen LogP contribution >= 0.6 is 0 Å². The summed E-state index contributed by atoms with van der Waals surface area (Å²) in [5.41, 5.74) is 3.02. The minimum absolute atomic E-state index is 0.173. The lowest BCUT2D eigenvalue weighted by Crippen LogP contribution is -2.28. The zero-order valence-corrected chi connectivity index (χ0v) is 13.3. The summed E-state index contributed by atoms with van der Waals surface area (Å²) in [5, 5.41) is 3.48. The Morgan fingerprint density at radius 1 is 1.21 bits per heavy atom. The van der Waals surface area contributed by atoms with Gasteiger partial charge in [-0.3, -0.25) is 0 Å². The molecule has 0 bridgehead atoms. The molecule has 0 spiro atoms. The molecule has 0 amide bonds. The van der Waals surface area contributed by atoms with Crippen molar-refractivity contribution in [2.24, 2.45) is 5.92 Å². The maximum atomic E-state index is 5.21. The smallest absolute Gasteiger partial charge is 0.0465 e. The van der Waals surface area contributed by atoms with E-state index in [0.29, 0.717) is 12.0 Å². The first-order chi connectivity index (χ1) is 8.91. The number of rotatable bonds is 6. The van der Waals surface area contributed by atoms with E-state index >= 15 is 0 Å². The molecule has 19 heavy (non-hydrogen) atoms. The predicted molar refractivity (Wildman–Crippen MR) is 82.6 cm³/mol. The normalized spacial score (nSPS) is 15.3. The van der Waals surface area contributed by atoms with Crippen molar-refractivity contribution in [3.05, 3.63) is 35.4 Å². The molecule has 1 aromatic rings. The maximum Gasteiger partial charge on any atom is 0.0465 e. The Kier molecular flexibility index (Phi) is 6.02. The molecule has 0 aliphatic rings. The Morgan fingerprint density at radius 2 is 1.84 bits per heavy atom. The second kappa shape index (κ2) is 7.06. The quantitative estimate of drug-likeness (QED) is 0.840. The first-order valence-corrected chi connectivity index (χ1v) is 7.17. The van der Waals surface area contributed by atoms with E-state index in [4.69, 9.17) is 4.74 Å². The lowest BCUT2D eigenvalue weighted by atomic mass is 9.79. The van der Waals surface area contributed by atoms with Gasteiger partial charge in [-0.25, -0.2) is 0 Å². The van der Waals surface area contributed by atoms with Gasteiger partial charge < -0.3 is 10.1 Å². The molecule has 2 nitrogen and oxygen atoms in total. The minimum atomic E-state index is 0.173. The van der Waals surface area contributed by atoms with Gasteiger partial charge in [-0.15, -0.1) is 0 Å². The van der Waals surface area contributed by atoms with Crippen molar-refractivity contribution in [3.63, 3.8) is 0 Å². The van der Waals surface area contributed by atoms with Crippen molar-refractivity contribution in [1.29, 1.82) is 0 Å². The van der Waals surface area contributed by atoms with Gasteiger partial charge in [-0.1, -0.05) is 52.0 Å². The van der Waals surface area contributed by atoms with E-state index in [0.717, 1.165) is 13.0 Å². The van der Waals surface area contributed by atoms with E-state index in [-0.39, 0.29) is 5.41 Å². The number of nitrogens with one attached hydrogen (secondary N) is 1. The minimum Gasteiger partial charge on any atom is -0.385 e. The molecule has 0 aliphatic heterocycles. The Morgan fingerprint density at radius 3 is 2.37 bits per heavy atom. The SMILES string of the molecule is CNC(c1ccccc1C(C)(C)C)C(C)CCOC. The summed E-state index contributed by atoms with van der Waals surface area (Å²) in [6.07, 6.45) is 1.07. The number of benzene rings is 1. The topological polar surface area (TPSA) is 21.3 Å². The average Bonchev–Trinajstić information content (AvgIpc) is 2.36. The highest BCUT2D eigenvalue weighted by Crippen LogP contribution is 2.33. The summed E-state index contributed by atoms with van der Waals surface area (Å²) < 4.78 is 5.21. The van der Waals surface area contributed by atoms with Crippen LogP contribution < -0.4 is 5.32 Å². The highest BCUT2D eigenvalue weighted by molar-refractivity contribution is 5.35. The molecule has 0 heterocycles. The van der Waals surface area contributed by atoms with Crippen molar-refractivity contribution in [3.8, 4) is 0 Å². The van der Waals surface area contributed by atoms with Gasteiger partial charge in [0.15, 0.2) is 0 Å². The van der Waals surface area contributed by atoms with Gasteiger partial charge in [0, 0.05) is 19.8 Å². The summed E-state index contributed by atoms with van der Waals surface area (Å²) >= 11 is 0. The molecule has 0 saturated heterocycles. The molecule has 1 N–H and O–H groups in total. The molecule has 0 aliphatic carbocycles. The monoisotopic (exact) mass is 263 g/mol. The summed E-state index contributed by atoms with van der Waals surface area (Å²) in [7, 11) is 3.82. The van der Waals surface area contributed by atoms with E-state index in [2.05, 4.69) is 57.3 Å². The van der Waals surface area contributed by atoms with Crippen LogP contribution in [0.3, 0.4) is 0 Å². The molecule has 0 aromatic heterocycles. The second-order valence-corrected chi connectivity index (χ2v) is 6.36. The van der Waals surface area contributed by atoms with Crippen LogP contribution in [0.25, 0.3) is 0 Å². The van der Waals surface area contributed by atoms with Crippen molar-refractivity contribution < 1.29 is 4.74 Å². The van der Waals surface area contributed by atoms with Crippen LogP contribution in [0.2, 0.25) is 0 Å². The van der Waals surface area contributed by atoms with Crippen LogP contribution in [0, 0.1) is 5.92 Å². The predicted octanol–water partition coefficient (Wildman–Crippen LogP) is 3.92. The Hall–Kier alpha value is -0.860.